The van der Waals surface area contributed by atoms with E-state index in [2.05, 4.69) is 10.3 Å². The van der Waals surface area contributed by atoms with E-state index in [0.717, 1.165) is 6.42 Å². The Morgan fingerprint density at radius 2 is 2.29 bits per heavy atom. The minimum Gasteiger partial charge on any atom is -0.396 e. The molecule has 4 nitrogen and oxygen atoms in total. The molecule has 1 unspecified atom stereocenters. The Kier molecular flexibility index (Phi) is 5.82. The molecule has 17 heavy (non-hydrogen) atoms. The molecule has 0 aliphatic carbocycles. The van der Waals surface area contributed by atoms with Crippen molar-refractivity contribution < 1.29 is 9.90 Å². The molecule has 1 aromatic rings. The highest BCUT2D eigenvalue weighted by Crippen LogP contribution is 2.21. The summed E-state index contributed by atoms with van der Waals surface area (Å²) in [4.78, 5) is 14.4. The molecule has 6 heteroatoms. The number of carbonyl (C=O) groups is 1. The van der Waals surface area contributed by atoms with E-state index in [0.29, 0.717) is 23.7 Å². The molecule has 0 aliphatic heterocycles. The van der Waals surface area contributed by atoms with Crippen LogP contribution in [0.1, 0.15) is 30.3 Å². The Balaban J connectivity index is 2.49. The van der Waals surface area contributed by atoms with E-state index in [4.69, 9.17) is 28.3 Å². The van der Waals surface area contributed by atoms with Crippen molar-refractivity contribution >= 4 is 29.1 Å². The van der Waals surface area contributed by atoms with E-state index < -0.39 is 0 Å². The smallest absolute Gasteiger partial charge is 0.267 e. The first-order valence-electron chi connectivity index (χ1n) is 5.51. The molecular formula is C11H16Cl2N2O2. The molecule has 0 saturated carbocycles. The summed E-state index contributed by atoms with van der Waals surface area (Å²) >= 11 is 11.4. The number of aromatic nitrogens is 1. The Hall–Kier alpha value is -0.710. The maximum Gasteiger partial charge on any atom is 0.267 e. The van der Waals surface area contributed by atoms with E-state index in [-0.39, 0.29) is 23.6 Å². The molecule has 0 aliphatic rings. The van der Waals surface area contributed by atoms with Crippen LogP contribution in [-0.2, 0) is 0 Å². The quantitative estimate of drug-likeness (QED) is 0.749. The van der Waals surface area contributed by atoms with E-state index >= 15 is 0 Å². The number of nitrogens with one attached hydrogen (secondary N) is 2. The van der Waals surface area contributed by atoms with Crippen molar-refractivity contribution in [3.8, 4) is 0 Å². The van der Waals surface area contributed by atoms with Crippen molar-refractivity contribution in [2.75, 3.05) is 13.2 Å². The first-order valence-corrected chi connectivity index (χ1v) is 6.27. The van der Waals surface area contributed by atoms with Crippen molar-refractivity contribution in [1.82, 2.24) is 10.3 Å². The van der Waals surface area contributed by atoms with Crippen LogP contribution < -0.4 is 5.32 Å². The minimum absolute atomic E-state index is 0.133. The van der Waals surface area contributed by atoms with Crippen LogP contribution in [0.3, 0.4) is 0 Å². The van der Waals surface area contributed by atoms with E-state index in [1.165, 1.54) is 6.07 Å². The number of hydrogen-bond acceptors (Lipinski definition) is 2. The maximum atomic E-state index is 11.7. The number of hydrogen-bond donors (Lipinski definition) is 3. The number of aliphatic hydroxyl groups is 1. The van der Waals surface area contributed by atoms with Crippen LogP contribution in [0.4, 0.5) is 0 Å². The first-order chi connectivity index (χ1) is 8.08. The van der Waals surface area contributed by atoms with Gasteiger partial charge in [-0.3, -0.25) is 4.79 Å². The lowest BCUT2D eigenvalue weighted by Gasteiger charge is -2.13. The number of halogens is 2. The SMILES string of the molecule is CCC(CCO)CNC(=O)c1cc(Cl)c(Cl)[nH]1. The van der Waals surface area contributed by atoms with Crippen molar-refractivity contribution in [2.45, 2.75) is 19.8 Å². The average Bonchev–Trinajstić information content (AvgIpc) is 2.64. The Morgan fingerprint density at radius 1 is 1.59 bits per heavy atom. The van der Waals surface area contributed by atoms with Crippen LogP contribution in [0.25, 0.3) is 0 Å². The largest absolute Gasteiger partial charge is 0.396 e. The highest BCUT2D eigenvalue weighted by Gasteiger charge is 2.13. The summed E-state index contributed by atoms with van der Waals surface area (Å²) in [6.07, 6.45) is 1.59. The molecule has 1 aromatic heterocycles. The molecule has 0 radical (unpaired) electrons. The monoisotopic (exact) mass is 278 g/mol. The standard InChI is InChI=1S/C11H16Cl2N2O2/c1-2-7(3-4-16)6-14-11(17)9-5-8(12)10(13)15-9/h5,7,15-16H,2-4,6H2,1H3,(H,14,17). The molecule has 1 heterocycles. The third-order valence-electron chi connectivity index (χ3n) is 2.64. The fourth-order valence-electron chi connectivity index (χ4n) is 1.49. The van der Waals surface area contributed by atoms with E-state index in [1.54, 1.807) is 0 Å². The number of aromatic amines is 1. The van der Waals surface area contributed by atoms with Crippen LogP contribution in [0, 0.1) is 5.92 Å². The molecule has 0 fully saturated rings. The third-order valence-corrected chi connectivity index (χ3v) is 3.33. The molecule has 0 aromatic carbocycles. The highest BCUT2D eigenvalue weighted by molar-refractivity contribution is 6.41. The lowest BCUT2D eigenvalue weighted by Crippen LogP contribution is -2.29. The second-order valence-electron chi connectivity index (χ2n) is 3.84. The molecule has 96 valence electrons. The van der Waals surface area contributed by atoms with Crippen molar-refractivity contribution in [3.05, 3.63) is 21.9 Å². The normalized spacial score (nSPS) is 12.5. The van der Waals surface area contributed by atoms with Crippen LogP contribution in [0.5, 0.6) is 0 Å². The molecule has 0 bridgehead atoms. The maximum absolute atomic E-state index is 11.7. The summed E-state index contributed by atoms with van der Waals surface area (Å²) in [5, 5.41) is 12.2. The van der Waals surface area contributed by atoms with Gasteiger partial charge in [0.05, 0.1) is 5.02 Å². The average molecular weight is 279 g/mol. The van der Waals surface area contributed by atoms with Crippen LogP contribution in [0.15, 0.2) is 6.07 Å². The van der Waals surface area contributed by atoms with Gasteiger partial charge in [0.15, 0.2) is 0 Å². The van der Waals surface area contributed by atoms with Crippen molar-refractivity contribution in [2.24, 2.45) is 5.92 Å². The van der Waals surface area contributed by atoms with Gasteiger partial charge in [-0.2, -0.15) is 0 Å². The lowest BCUT2D eigenvalue weighted by molar-refractivity contribution is 0.0939. The number of aliphatic hydroxyl groups excluding tert-OH is 1. The van der Waals surface area contributed by atoms with Gasteiger partial charge in [0.25, 0.3) is 5.91 Å². The number of amides is 1. The molecule has 0 saturated heterocycles. The van der Waals surface area contributed by atoms with Gasteiger partial charge in [0.2, 0.25) is 0 Å². The Labute approximate surface area is 110 Å². The fourth-order valence-corrected chi connectivity index (χ4v) is 1.80. The summed E-state index contributed by atoms with van der Waals surface area (Å²) in [5.74, 6) is 0.0417. The van der Waals surface area contributed by atoms with Gasteiger partial charge in [-0.05, 0) is 18.4 Å². The predicted octanol–water partition coefficient (Wildman–Crippen LogP) is 2.46. The topological polar surface area (TPSA) is 65.1 Å². The highest BCUT2D eigenvalue weighted by atomic mass is 35.5. The first kappa shape index (κ1) is 14.4. The number of H-pyrrole nitrogens is 1. The van der Waals surface area contributed by atoms with Crippen LogP contribution >= 0.6 is 23.2 Å². The molecule has 1 amide bonds. The third kappa shape index (κ3) is 4.22. The summed E-state index contributed by atoms with van der Waals surface area (Å²) < 4.78 is 0. The van der Waals surface area contributed by atoms with Gasteiger partial charge < -0.3 is 15.4 Å². The summed E-state index contributed by atoms with van der Waals surface area (Å²) in [5.41, 5.74) is 0.346. The van der Waals surface area contributed by atoms with Crippen LogP contribution in [0.2, 0.25) is 10.2 Å². The van der Waals surface area contributed by atoms with Gasteiger partial charge in [0.1, 0.15) is 10.8 Å². The van der Waals surface area contributed by atoms with Gasteiger partial charge in [-0.25, -0.2) is 0 Å². The zero-order valence-corrected chi connectivity index (χ0v) is 11.1. The van der Waals surface area contributed by atoms with Gasteiger partial charge in [-0.1, -0.05) is 36.5 Å². The molecule has 1 rings (SSSR count). The second-order valence-corrected chi connectivity index (χ2v) is 4.63. The summed E-state index contributed by atoms with van der Waals surface area (Å²) in [7, 11) is 0. The van der Waals surface area contributed by atoms with E-state index in [1.807, 2.05) is 6.92 Å². The fraction of sp³-hybridized carbons (Fsp3) is 0.545. The van der Waals surface area contributed by atoms with Gasteiger partial charge in [-0.15, -0.1) is 0 Å². The van der Waals surface area contributed by atoms with Gasteiger partial charge in [0, 0.05) is 13.2 Å². The zero-order chi connectivity index (χ0) is 12.8. The Bertz CT molecular complexity index is 360. The number of rotatable bonds is 6. The summed E-state index contributed by atoms with van der Waals surface area (Å²) in [6.45, 7) is 2.69. The zero-order valence-electron chi connectivity index (χ0n) is 9.59. The van der Waals surface area contributed by atoms with Gasteiger partial charge >= 0.3 is 0 Å². The van der Waals surface area contributed by atoms with E-state index in [9.17, 15) is 4.79 Å². The molecule has 3 N–H and O–H groups in total. The van der Waals surface area contributed by atoms with Crippen LogP contribution in [-0.4, -0.2) is 29.1 Å². The van der Waals surface area contributed by atoms with Crippen molar-refractivity contribution in [3.63, 3.8) is 0 Å². The molecule has 1 atom stereocenters. The van der Waals surface area contributed by atoms with Crippen molar-refractivity contribution in [1.29, 1.82) is 0 Å². The summed E-state index contributed by atoms with van der Waals surface area (Å²) in [6, 6.07) is 1.49. The molecule has 0 spiro atoms. The minimum atomic E-state index is -0.241. The predicted molar refractivity (Wildman–Crippen MR) is 68.6 cm³/mol. The molecular weight excluding hydrogens is 263 g/mol. The number of carbonyl (C=O) groups excluding carboxylic acids is 1. The Morgan fingerprint density at radius 3 is 2.76 bits per heavy atom. The second kappa shape index (κ2) is 6.89. The lowest BCUT2D eigenvalue weighted by atomic mass is 10.0.